The molecule has 0 aromatic carbocycles. The molecule has 4 rings (SSSR count). The van der Waals surface area contributed by atoms with Gasteiger partial charge in [-0.1, -0.05) is 6.07 Å². The van der Waals surface area contributed by atoms with Gasteiger partial charge in [0.25, 0.3) is 0 Å². The van der Waals surface area contributed by atoms with E-state index in [9.17, 15) is 26.3 Å². The van der Waals surface area contributed by atoms with E-state index in [1.165, 1.54) is 12.8 Å². The molecule has 3 atom stereocenters. The molecule has 0 spiro atoms. The molecule has 0 radical (unpaired) electrons. The van der Waals surface area contributed by atoms with E-state index in [2.05, 4.69) is 50.8 Å². The van der Waals surface area contributed by atoms with Crippen LogP contribution in [0.3, 0.4) is 0 Å². The van der Waals surface area contributed by atoms with Gasteiger partial charge in [0.1, 0.15) is 18.5 Å². The fraction of sp³-hybridized carbons (Fsp3) is 0.591. The average Bonchev–Trinajstić information content (AvgIpc) is 3.46. The van der Waals surface area contributed by atoms with Gasteiger partial charge in [-0.3, -0.25) is 9.58 Å². The van der Waals surface area contributed by atoms with Gasteiger partial charge in [-0.2, -0.15) is 31.4 Å². The summed E-state index contributed by atoms with van der Waals surface area (Å²) in [6.45, 7) is 7.79. The fourth-order valence-corrected chi connectivity index (χ4v) is 4.65. The number of hydrogen-bond donors (Lipinski definition) is 2. The van der Waals surface area contributed by atoms with E-state index in [1.807, 2.05) is 23.3 Å². The van der Waals surface area contributed by atoms with Crippen LogP contribution in [0.5, 0.6) is 0 Å². The molecule has 2 aliphatic rings. The summed E-state index contributed by atoms with van der Waals surface area (Å²) in [4.78, 5) is 31.6. The lowest BCUT2D eigenvalue weighted by molar-refractivity contribution is -0.193. The normalized spacial score (nSPS) is 21.6. The van der Waals surface area contributed by atoms with Crippen molar-refractivity contribution in [3.63, 3.8) is 0 Å². The molecule has 0 amide bonds. The molecule has 0 bridgehead atoms. The number of carboxylic acids is 2. The number of anilines is 1. The van der Waals surface area contributed by atoms with Crippen LogP contribution in [0.25, 0.3) is 0 Å². The first kappa shape index (κ1) is 30.8. The van der Waals surface area contributed by atoms with Crippen LogP contribution in [-0.4, -0.2) is 90.4 Å². The molecular formula is C22H28F6N6O4. The zero-order valence-electron chi connectivity index (χ0n) is 20.5. The largest absolute Gasteiger partial charge is 0.490 e. The van der Waals surface area contributed by atoms with Gasteiger partial charge >= 0.3 is 24.3 Å². The minimum atomic E-state index is -5.08. The van der Waals surface area contributed by atoms with E-state index in [1.54, 1.807) is 6.33 Å². The Kier molecular flexibility index (Phi) is 10.4. The molecule has 0 saturated carbocycles. The molecule has 2 aromatic heterocycles. The lowest BCUT2D eigenvalue weighted by Gasteiger charge is -2.40. The minimum absolute atomic E-state index is 0.547. The number of pyridine rings is 1. The molecule has 10 nitrogen and oxygen atoms in total. The molecule has 2 aromatic rings. The monoisotopic (exact) mass is 554 g/mol. The van der Waals surface area contributed by atoms with Crippen molar-refractivity contribution in [1.82, 2.24) is 24.6 Å². The molecular weight excluding hydrogens is 526 g/mol. The second kappa shape index (κ2) is 12.9. The van der Waals surface area contributed by atoms with Gasteiger partial charge in [-0.25, -0.2) is 19.6 Å². The topological polar surface area (TPSA) is 125 Å². The van der Waals surface area contributed by atoms with Crippen molar-refractivity contribution in [3.8, 4) is 0 Å². The van der Waals surface area contributed by atoms with Crippen LogP contribution in [0.1, 0.15) is 26.7 Å². The summed E-state index contributed by atoms with van der Waals surface area (Å²) in [5.74, 6) is -3.69. The number of carbonyl (C=O) groups is 2. The van der Waals surface area contributed by atoms with Crippen molar-refractivity contribution in [2.45, 2.75) is 63.7 Å². The van der Waals surface area contributed by atoms with E-state index >= 15 is 0 Å². The van der Waals surface area contributed by atoms with Crippen molar-refractivity contribution >= 4 is 17.8 Å². The summed E-state index contributed by atoms with van der Waals surface area (Å²) in [6.07, 6.45) is -2.37. The second-order valence-corrected chi connectivity index (χ2v) is 8.90. The van der Waals surface area contributed by atoms with Crippen molar-refractivity contribution in [2.75, 3.05) is 18.0 Å². The molecule has 38 heavy (non-hydrogen) atoms. The van der Waals surface area contributed by atoms with Crippen LogP contribution in [0, 0.1) is 5.92 Å². The van der Waals surface area contributed by atoms with Crippen LogP contribution < -0.4 is 4.90 Å². The summed E-state index contributed by atoms with van der Waals surface area (Å²) in [5.41, 5.74) is 0. The number of hydrogen-bond acceptors (Lipinski definition) is 7. The highest BCUT2D eigenvalue weighted by Crippen LogP contribution is 2.38. The number of piperidine rings is 1. The minimum Gasteiger partial charge on any atom is -0.475 e. The third-order valence-corrected chi connectivity index (χ3v) is 5.99. The van der Waals surface area contributed by atoms with Crippen molar-refractivity contribution < 1.29 is 46.1 Å². The Balaban J connectivity index is 0.000000301. The molecule has 212 valence electrons. The molecule has 2 saturated heterocycles. The number of fused-ring (bicyclic) bond motifs is 1. The van der Waals surface area contributed by atoms with Gasteiger partial charge in [0, 0.05) is 37.4 Å². The van der Waals surface area contributed by atoms with Gasteiger partial charge in [0.2, 0.25) is 0 Å². The summed E-state index contributed by atoms with van der Waals surface area (Å²) >= 11 is 0. The number of rotatable bonds is 4. The highest BCUT2D eigenvalue weighted by atomic mass is 19.4. The van der Waals surface area contributed by atoms with E-state index in [0.29, 0.717) is 24.0 Å². The number of aliphatic carboxylic acids is 2. The second-order valence-electron chi connectivity index (χ2n) is 8.90. The molecule has 0 aliphatic carbocycles. The SMILES string of the molecule is CC(C)N1[C@H](Cn2cncn2)C[C@@H]2CN(c3ccccn3)CC[C@@H]21.O=C(O)C(F)(F)F.O=C(O)C(F)(F)F. The van der Waals surface area contributed by atoms with Gasteiger partial charge in [-0.05, 0) is 44.7 Å². The number of aromatic nitrogens is 4. The zero-order chi connectivity index (χ0) is 28.7. The summed E-state index contributed by atoms with van der Waals surface area (Å²) < 4.78 is 65.5. The Bertz CT molecular complexity index is 996. The predicted octanol–water partition coefficient (Wildman–Crippen LogP) is 3.32. The third-order valence-electron chi connectivity index (χ3n) is 5.99. The number of nitrogens with zero attached hydrogens (tertiary/aromatic N) is 6. The smallest absolute Gasteiger partial charge is 0.475 e. The quantitative estimate of drug-likeness (QED) is 0.548. The maximum Gasteiger partial charge on any atom is 0.490 e. The lowest BCUT2D eigenvalue weighted by atomic mass is 9.92. The number of carboxylic acid groups (broad SMARTS) is 2. The van der Waals surface area contributed by atoms with Gasteiger partial charge in [-0.15, -0.1) is 0 Å². The van der Waals surface area contributed by atoms with Crippen molar-refractivity contribution in [3.05, 3.63) is 37.1 Å². The Morgan fingerprint density at radius 2 is 1.68 bits per heavy atom. The standard InChI is InChI=1S/C18H26N6.2C2HF3O2/c1-14(2)24-16(11-23-13-19-12-21-23)9-15-10-22(8-6-17(15)24)18-5-3-4-7-20-18;2*3-2(4,5)1(6)7/h3-5,7,12-17H,6,8-11H2,1-2H3;2*(H,6,7)/t15-,16+,17+;;/m1../s1. The van der Waals surface area contributed by atoms with Crippen LogP contribution in [0.2, 0.25) is 0 Å². The fourth-order valence-electron chi connectivity index (χ4n) is 4.65. The Hall–Kier alpha value is -3.43. The summed E-state index contributed by atoms with van der Waals surface area (Å²) in [5, 5.41) is 18.6. The van der Waals surface area contributed by atoms with Crippen molar-refractivity contribution in [1.29, 1.82) is 0 Å². The number of alkyl halides is 6. The third kappa shape index (κ3) is 8.85. The van der Waals surface area contributed by atoms with E-state index in [-0.39, 0.29) is 0 Å². The molecule has 2 fully saturated rings. The van der Waals surface area contributed by atoms with Crippen LogP contribution in [-0.2, 0) is 16.1 Å². The molecule has 2 aliphatic heterocycles. The van der Waals surface area contributed by atoms with E-state index < -0.39 is 24.3 Å². The predicted molar refractivity (Wildman–Crippen MR) is 121 cm³/mol. The number of halogens is 6. The zero-order valence-corrected chi connectivity index (χ0v) is 20.5. The summed E-state index contributed by atoms with van der Waals surface area (Å²) in [7, 11) is 0. The Labute approximate surface area is 213 Å². The molecule has 4 heterocycles. The highest BCUT2D eigenvalue weighted by molar-refractivity contribution is 5.73. The van der Waals surface area contributed by atoms with E-state index in [0.717, 1.165) is 25.5 Å². The molecule has 0 unspecified atom stereocenters. The average molecular weight is 554 g/mol. The van der Waals surface area contributed by atoms with Crippen molar-refractivity contribution in [2.24, 2.45) is 5.92 Å². The first-order chi connectivity index (χ1) is 17.6. The Morgan fingerprint density at radius 3 is 2.13 bits per heavy atom. The van der Waals surface area contributed by atoms with Crippen LogP contribution in [0.15, 0.2) is 37.1 Å². The van der Waals surface area contributed by atoms with Crippen LogP contribution in [0.4, 0.5) is 32.2 Å². The maximum absolute atomic E-state index is 10.6. The lowest BCUT2D eigenvalue weighted by Crippen LogP contribution is -2.49. The molecule has 2 N–H and O–H groups in total. The molecule has 16 heteroatoms. The van der Waals surface area contributed by atoms with Gasteiger partial charge in [0.15, 0.2) is 0 Å². The van der Waals surface area contributed by atoms with Crippen LogP contribution >= 0.6 is 0 Å². The highest BCUT2D eigenvalue weighted by Gasteiger charge is 2.45. The number of likely N-dealkylation sites (tertiary alicyclic amines) is 1. The van der Waals surface area contributed by atoms with Gasteiger partial charge in [0.05, 0.1) is 6.54 Å². The Morgan fingerprint density at radius 1 is 1.08 bits per heavy atom. The van der Waals surface area contributed by atoms with Gasteiger partial charge < -0.3 is 15.1 Å². The first-order valence-corrected chi connectivity index (χ1v) is 11.5. The maximum atomic E-state index is 10.6. The van der Waals surface area contributed by atoms with E-state index in [4.69, 9.17) is 19.8 Å². The first-order valence-electron chi connectivity index (χ1n) is 11.5. The summed E-state index contributed by atoms with van der Waals surface area (Å²) in [6, 6.07) is 7.98.